The Labute approximate surface area is 242 Å². The summed E-state index contributed by atoms with van der Waals surface area (Å²) in [5, 5.41) is 0. The molecule has 206 valence electrons. The summed E-state index contributed by atoms with van der Waals surface area (Å²) in [5.41, 5.74) is 14.2. The Hall–Kier alpha value is -3.12. The molecule has 0 aliphatic heterocycles. The predicted octanol–water partition coefficient (Wildman–Crippen LogP) is 11.9. The van der Waals surface area contributed by atoms with Crippen molar-refractivity contribution in [2.24, 2.45) is 5.92 Å². The Morgan fingerprint density at radius 1 is 0.525 bits per heavy atom. The summed E-state index contributed by atoms with van der Waals surface area (Å²) in [6.07, 6.45) is 13.2. The van der Waals surface area contributed by atoms with Crippen LogP contribution in [-0.4, -0.2) is 0 Å². The van der Waals surface area contributed by atoms with Crippen LogP contribution in [0.5, 0.6) is 0 Å². The maximum Gasteiger partial charge on any atom is -0.0140 e. The van der Waals surface area contributed by atoms with Gasteiger partial charge in [0.1, 0.15) is 0 Å². The minimum Gasteiger partial charge on any atom is -0.0625 e. The number of benzene rings is 4. The normalized spacial score (nSPS) is 20.0. The highest BCUT2D eigenvalue weighted by Crippen LogP contribution is 2.46. The maximum atomic E-state index is 2.55. The van der Waals surface area contributed by atoms with Gasteiger partial charge in [0, 0.05) is 0 Å². The Kier molecular flexibility index (Phi) is 8.24. The van der Waals surface area contributed by atoms with Crippen LogP contribution in [0, 0.1) is 12.8 Å². The molecule has 0 bridgehead atoms. The molecule has 0 heterocycles. The van der Waals surface area contributed by atoms with Gasteiger partial charge in [-0.25, -0.2) is 0 Å². The summed E-state index contributed by atoms with van der Waals surface area (Å²) in [7, 11) is 0. The lowest BCUT2D eigenvalue weighted by atomic mass is 9.74. The Bertz CT molecular complexity index is 1410. The van der Waals surface area contributed by atoms with Crippen LogP contribution < -0.4 is 0 Å². The van der Waals surface area contributed by atoms with Crippen LogP contribution in [0.3, 0.4) is 0 Å². The first-order valence-corrected chi connectivity index (χ1v) is 16.0. The van der Waals surface area contributed by atoms with Crippen molar-refractivity contribution >= 4 is 0 Å². The number of rotatable bonds is 6. The number of aryl methyl sites for hydroxylation is 2. The van der Waals surface area contributed by atoms with E-state index in [9.17, 15) is 0 Å². The Balaban J connectivity index is 1.52. The molecule has 4 aromatic carbocycles. The van der Waals surface area contributed by atoms with Gasteiger partial charge in [0.25, 0.3) is 0 Å². The lowest BCUT2D eigenvalue weighted by Gasteiger charge is -2.30. The van der Waals surface area contributed by atoms with Gasteiger partial charge in [-0.15, -0.1) is 0 Å². The Morgan fingerprint density at radius 2 is 1.00 bits per heavy atom. The van der Waals surface area contributed by atoms with E-state index in [0.717, 1.165) is 12.3 Å². The smallest absolute Gasteiger partial charge is 0.0140 e. The summed E-state index contributed by atoms with van der Waals surface area (Å²) in [4.78, 5) is 0. The lowest BCUT2D eigenvalue weighted by molar-refractivity contribution is 0.348. The molecule has 0 radical (unpaired) electrons. The van der Waals surface area contributed by atoms with Crippen molar-refractivity contribution in [2.45, 2.75) is 96.8 Å². The summed E-state index contributed by atoms with van der Waals surface area (Å²) in [5.74, 6) is 2.19. The third-order valence-electron chi connectivity index (χ3n) is 9.98. The minimum atomic E-state index is 0.657. The average molecular weight is 527 g/mol. The molecular weight excluding hydrogens is 480 g/mol. The average Bonchev–Trinajstić information content (AvgIpc) is 3.02. The van der Waals surface area contributed by atoms with E-state index in [1.54, 1.807) is 11.1 Å². The van der Waals surface area contributed by atoms with Gasteiger partial charge >= 0.3 is 0 Å². The molecule has 0 aromatic heterocycles. The monoisotopic (exact) mass is 526 g/mol. The van der Waals surface area contributed by atoms with Crippen LogP contribution >= 0.6 is 0 Å². The first kappa shape index (κ1) is 27.1. The standard InChI is InChI=1S/C40H46/c1-4-30-14-20-32(21-15-30)36-23-25-38(34-18-12-29(3)13-19-34)40(27-36)39-26-35(31-16-10-28(2)11-17-31)22-24-37(39)33-8-6-5-7-9-33/h10-11,14-17,20-27,29,33-34H,4-9,12-13,18-19H2,1-3H3. The van der Waals surface area contributed by atoms with Crippen molar-refractivity contribution in [3.8, 4) is 33.4 Å². The van der Waals surface area contributed by atoms with Crippen LogP contribution in [0.2, 0.25) is 0 Å². The molecule has 0 N–H and O–H groups in total. The molecule has 0 amide bonds. The van der Waals surface area contributed by atoms with Gasteiger partial charge in [-0.05, 0) is 119 Å². The largest absolute Gasteiger partial charge is 0.0625 e. The predicted molar refractivity (Wildman–Crippen MR) is 173 cm³/mol. The van der Waals surface area contributed by atoms with E-state index in [0.29, 0.717) is 11.8 Å². The van der Waals surface area contributed by atoms with Gasteiger partial charge in [-0.1, -0.05) is 124 Å². The maximum absolute atomic E-state index is 2.55. The zero-order valence-corrected chi connectivity index (χ0v) is 24.9. The molecule has 2 aliphatic rings. The molecule has 0 saturated heterocycles. The highest BCUT2D eigenvalue weighted by atomic mass is 14.3. The molecule has 0 unspecified atom stereocenters. The van der Waals surface area contributed by atoms with E-state index in [1.165, 1.54) is 102 Å². The zero-order valence-electron chi connectivity index (χ0n) is 24.9. The fraction of sp³-hybridized carbons (Fsp3) is 0.400. The van der Waals surface area contributed by atoms with E-state index in [1.807, 2.05) is 0 Å². The van der Waals surface area contributed by atoms with E-state index in [-0.39, 0.29) is 0 Å². The minimum absolute atomic E-state index is 0.657. The highest BCUT2D eigenvalue weighted by molar-refractivity contribution is 5.82. The van der Waals surface area contributed by atoms with Crippen LogP contribution in [0.25, 0.3) is 33.4 Å². The molecule has 0 heteroatoms. The molecule has 40 heavy (non-hydrogen) atoms. The van der Waals surface area contributed by atoms with E-state index in [2.05, 4.69) is 106 Å². The van der Waals surface area contributed by atoms with Gasteiger partial charge in [-0.2, -0.15) is 0 Å². The molecular formula is C40H46. The highest BCUT2D eigenvalue weighted by Gasteiger charge is 2.26. The van der Waals surface area contributed by atoms with E-state index >= 15 is 0 Å². The molecule has 4 aromatic rings. The third-order valence-corrected chi connectivity index (χ3v) is 9.98. The van der Waals surface area contributed by atoms with Crippen molar-refractivity contribution in [1.82, 2.24) is 0 Å². The van der Waals surface area contributed by atoms with Crippen LogP contribution in [0.4, 0.5) is 0 Å². The van der Waals surface area contributed by atoms with Crippen molar-refractivity contribution in [3.05, 3.63) is 107 Å². The van der Waals surface area contributed by atoms with Crippen molar-refractivity contribution in [3.63, 3.8) is 0 Å². The molecule has 0 nitrogen and oxygen atoms in total. The summed E-state index contributed by atoms with van der Waals surface area (Å²) >= 11 is 0. The zero-order chi connectivity index (χ0) is 27.5. The lowest BCUT2D eigenvalue weighted by Crippen LogP contribution is -2.12. The molecule has 0 spiro atoms. The summed E-state index contributed by atoms with van der Waals surface area (Å²) in [6.45, 7) is 6.85. The van der Waals surface area contributed by atoms with Gasteiger partial charge < -0.3 is 0 Å². The van der Waals surface area contributed by atoms with Crippen molar-refractivity contribution < 1.29 is 0 Å². The SMILES string of the molecule is CCc1ccc(-c2ccc(C3CCC(C)CC3)c(-c3cc(-c4ccc(C)cc4)ccc3C3CCCCC3)c2)cc1. The van der Waals surface area contributed by atoms with Crippen LogP contribution in [0.15, 0.2) is 84.9 Å². The van der Waals surface area contributed by atoms with Crippen molar-refractivity contribution in [1.29, 1.82) is 0 Å². The summed E-state index contributed by atoms with van der Waals surface area (Å²) < 4.78 is 0. The first-order chi connectivity index (χ1) is 19.6. The fourth-order valence-electron chi connectivity index (χ4n) is 7.31. The second kappa shape index (κ2) is 12.2. The molecule has 0 atom stereocenters. The van der Waals surface area contributed by atoms with Gasteiger partial charge in [0.15, 0.2) is 0 Å². The molecule has 2 fully saturated rings. The van der Waals surface area contributed by atoms with Gasteiger partial charge in [0.2, 0.25) is 0 Å². The molecule has 6 rings (SSSR count). The summed E-state index contributed by atoms with van der Waals surface area (Å²) in [6, 6.07) is 33.2. The van der Waals surface area contributed by atoms with Crippen LogP contribution in [-0.2, 0) is 6.42 Å². The number of hydrogen-bond donors (Lipinski definition) is 0. The Morgan fingerprint density at radius 3 is 1.52 bits per heavy atom. The van der Waals surface area contributed by atoms with Gasteiger partial charge in [-0.3, -0.25) is 0 Å². The molecule has 2 aliphatic carbocycles. The number of hydrogen-bond acceptors (Lipinski definition) is 0. The second-order valence-corrected chi connectivity index (χ2v) is 12.8. The second-order valence-electron chi connectivity index (χ2n) is 12.8. The fourth-order valence-corrected chi connectivity index (χ4v) is 7.31. The first-order valence-electron chi connectivity index (χ1n) is 16.0. The van der Waals surface area contributed by atoms with Crippen LogP contribution in [0.1, 0.15) is 106 Å². The molecule has 2 saturated carbocycles. The van der Waals surface area contributed by atoms with E-state index in [4.69, 9.17) is 0 Å². The quantitative estimate of drug-likeness (QED) is 0.234. The van der Waals surface area contributed by atoms with E-state index < -0.39 is 0 Å². The van der Waals surface area contributed by atoms with Crippen molar-refractivity contribution in [2.75, 3.05) is 0 Å². The van der Waals surface area contributed by atoms with Gasteiger partial charge in [0.05, 0.1) is 0 Å². The third kappa shape index (κ3) is 5.83. The topological polar surface area (TPSA) is 0 Å².